The SMILES string of the molecule is CNC(=O)c1c(-c2ccc(C)cc2)oc2cc(N(C)S(C)(=O)=O)c(-c3ccc4c(c3)C(=O)/C(=C\c3ccc(OC(C)(C)C)cc3)O4)cc12. The maximum absolute atomic E-state index is 13.6. The van der Waals surface area contributed by atoms with E-state index in [4.69, 9.17) is 13.9 Å². The van der Waals surface area contributed by atoms with Crippen molar-refractivity contribution in [2.45, 2.75) is 33.3 Å². The number of amides is 1. The van der Waals surface area contributed by atoms with Gasteiger partial charge in [-0.2, -0.15) is 0 Å². The van der Waals surface area contributed by atoms with Crippen LogP contribution in [0.1, 0.15) is 52.6 Å². The number of benzene rings is 4. The van der Waals surface area contributed by atoms with Crippen molar-refractivity contribution in [2.24, 2.45) is 0 Å². The van der Waals surface area contributed by atoms with Crippen LogP contribution in [0.2, 0.25) is 0 Å². The fraction of sp³-hybridized carbons (Fsp3) is 0.211. The van der Waals surface area contributed by atoms with Crippen LogP contribution in [0.3, 0.4) is 0 Å². The number of carbonyl (C=O) groups excluding carboxylic acids is 2. The Labute approximate surface area is 279 Å². The molecule has 4 aromatic carbocycles. The Morgan fingerprint density at radius 1 is 0.917 bits per heavy atom. The minimum absolute atomic E-state index is 0.162. The molecular weight excluding hydrogens is 628 g/mol. The average Bonchev–Trinajstić information content (AvgIpc) is 3.56. The molecular formula is C38H36N2O7S. The highest BCUT2D eigenvalue weighted by molar-refractivity contribution is 7.92. The Kier molecular flexibility index (Phi) is 8.16. The van der Waals surface area contributed by atoms with E-state index in [0.717, 1.165) is 21.7 Å². The Hall–Kier alpha value is -5.35. The number of hydrogen-bond donors (Lipinski definition) is 1. The zero-order chi connectivity index (χ0) is 34.5. The van der Waals surface area contributed by atoms with Crippen molar-refractivity contribution in [3.8, 4) is 33.9 Å². The number of Topliss-reactive ketones (excluding diaryl/α,β-unsaturated/α-hetero) is 1. The molecule has 1 aliphatic heterocycles. The summed E-state index contributed by atoms with van der Waals surface area (Å²) in [5, 5.41) is 3.19. The van der Waals surface area contributed by atoms with Gasteiger partial charge >= 0.3 is 0 Å². The predicted molar refractivity (Wildman–Crippen MR) is 188 cm³/mol. The number of fused-ring (bicyclic) bond motifs is 2. The highest BCUT2D eigenvalue weighted by Gasteiger charge is 2.30. The van der Waals surface area contributed by atoms with Gasteiger partial charge in [-0.3, -0.25) is 13.9 Å². The molecule has 9 nitrogen and oxygen atoms in total. The highest BCUT2D eigenvalue weighted by atomic mass is 32.2. The number of aryl methyl sites for hydroxylation is 1. The van der Waals surface area contributed by atoms with Gasteiger partial charge in [0.25, 0.3) is 5.91 Å². The second kappa shape index (κ2) is 12.0. The number of hydrogen-bond acceptors (Lipinski definition) is 7. The number of nitrogens with one attached hydrogen (secondary N) is 1. The number of sulfonamides is 1. The van der Waals surface area contributed by atoms with Crippen molar-refractivity contribution in [2.75, 3.05) is 24.7 Å². The zero-order valence-electron chi connectivity index (χ0n) is 27.8. The molecule has 0 atom stereocenters. The van der Waals surface area contributed by atoms with Crippen LogP contribution in [0.25, 0.3) is 39.5 Å². The third-order valence-electron chi connectivity index (χ3n) is 7.99. The molecule has 1 N–H and O–H groups in total. The Morgan fingerprint density at radius 2 is 1.58 bits per heavy atom. The Balaban J connectivity index is 1.46. The van der Waals surface area contributed by atoms with Crippen molar-refractivity contribution in [3.63, 3.8) is 0 Å². The summed E-state index contributed by atoms with van der Waals surface area (Å²) in [6, 6.07) is 23.4. The summed E-state index contributed by atoms with van der Waals surface area (Å²) < 4.78 is 44.9. The van der Waals surface area contributed by atoms with Crippen LogP contribution in [0.4, 0.5) is 5.69 Å². The molecule has 5 aromatic rings. The standard InChI is InChI=1S/C38H36N2O7S/c1-22-8-12-24(13-9-22)36-34(37(42)39-5)28-20-27(30(21-32(28)46-36)40(6)48(7,43)44)25-14-17-31-29(19-25)35(41)33(45-31)18-23-10-15-26(16-11-23)47-38(2,3)4/h8-21H,1-7H3,(H,39,42)/b33-18+. The molecule has 2 heterocycles. The Bertz CT molecular complexity index is 2220. The molecule has 6 rings (SSSR count). The smallest absolute Gasteiger partial charge is 0.255 e. The van der Waals surface area contributed by atoms with Crippen LogP contribution < -0.4 is 19.1 Å². The van der Waals surface area contributed by atoms with Crippen LogP contribution in [-0.2, 0) is 10.0 Å². The van der Waals surface area contributed by atoms with Gasteiger partial charge in [-0.1, -0.05) is 48.0 Å². The number of furan rings is 1. The van der Waals surface area contributed by atoms with Gasteiger partial charge in [0.05, 0.1) is 23.1 Å². The van der Waals surface area contributed by atoms with Crippen molar-refractivity contribution in [1.82, 2.24) is 5.32 Å². The van der Waals surface area contributed by atoms with Gasteiger partial charge in [0.2, 0.25) is 15.8 Å². The first kappa shape index (κ1) is 32.6. The quantitative estimate of drug-likeness (QED) is 0.178. The normalized spacial score (nSPS) is 13.8. The number of ether oxygens (including phenoxy) is 2. The predicted octanol–water partition coefficient (Wildman–Crippen LogP) is 7.62. The lowest BCUT2D eigenvalue weighted by Gasteiger charge is -2.21. The minimum atomic E-state index is -3.71. The lowest BCUT2D eigenvalue weighted by molar-refractivity contribution is 0.0963. The van der Waals surface area contributed by atoms with Crippen LogP contribution in [-0.4, -0.2) is 46.1 Å². The number of ketones is 1. The third kappa shape index (κ3) is 6.31. The van der Waals surface area contributed by atoms with E-state index in [1.54, 1.807) is 36.4 Å². The zero-order valence-corrected chi connectivity index (χ0v) is 28.6. The van der Waals surface area contributed by atoms with Crippen LogP contribution in [0.15, 0.2) is 89.0 Å². The summed E-state index contributed by atoms with van der Waals surface area (Å²) in [5.74, 6) is 0.959. The molecule has 0 unspecified atom stereocenters. The second-order valence-electron chi connectivity index (χ2n) is 12.8. The fourth-order valence-electron chi connectivity index (χ4n) is 5.55. The van der Waals surface area contributed by atoms with Crippen LogP contribution in [0.5, 0.6) is 11.5 Å². The topological polar surface area (TPSA) is 115 Å². The van der Waals surface area contributed by atoms with E-state index in [-0.39, 0.29) is 23.1 Å². The van der Waals surface area contributed by atoms with Crippen molar-refractivity contribution in [3.05, 3.63) is 107 Å². The van der Waals surface area contributed by atoms with Crippen molar-refractivity contribution >= 4 is 44.4 Å². The third-order valence-corrected chi connectivity index (χ3v) is 9.18. The first-order chi connectivity index (χ1) is 22.6. The first-order valence-electron chi connectivity index (χ1n) is 15.3. The first-order valence-corrected chi connectivity index (χ1v) is 17.2. The summed E-state index contributed by atoms with van der Waals surface area (Å²) in [5.41, 5.74) is 4.52. The lowest BCUT2D eigenvalue weighted by Crippen LogP contribution is -2.25. The molecule has 1 aliphatic rings. The number of nitrogens with zero attached hydrogens (tertiary/aromatic N) is 1. The molecule has 0 saturated carbocycles. The number of allylic oxidation sites excluding steroid dienone is 1. The number of carbonyl (C=O) groups is 2. The molecule has 246 valence electrons. The molecule has 48 heavy (non-hydrogen) atoms. The number of rotatable bonds is 7. The van der Waals surface area contributed by atoms with E-state index in [0.29, 0.717) is 61.7 Å². The van der Waals surface area contributed by atoms with Gasteiger partial charge in [-0.15, -0.1) is 0 Å². The Morgan fingerprint density at radius 3 is 2.21 bits per heavy atom. The molecule has 10 heteroatoms. The maximum Gasteiger partial charge on any atom is 0.255 e. The molecule has 0 spiro atoms. The van der Waals surface area contributed by atoms with E-state index in [1.165, 1.54) is 14.1 Å². The molecule has 1 amide bonds. The van der Waals surface area contributed by atoms with Gasteiger partial charge in [0.1, 0.15) is 28.4 Å². The van der Waals surface area contributed by atoms with Gasteiger partial charge in [0, 0.05) is 36.7 Å². The summed E-state index contributed by atoms with van der Waals surface area (Å²) >= 11 is 0. The highest BCUT2D eigenvalue weighted by Crippen LogP contribution is 2.43. The maximum atomic E-state index is 13.6. The number of anilines is 1. The minimum Gasteiger partial charge on any atom is -0.488 e. The summed E-state index contributed by atoms with van der Waals surface area (Å²) in [4.78, 5) is 26.9. The molecule has 0 saturated heterocycles. The van der Waals surface area contributed by atoms with Gasteiger partial charge < -0.3 is 19.2 Å². The van der Waals surface area contributed by atoms with Crippen LogP contribution >= 0.6 is 0 Å². The van der Waals surface area contributed by atoms with E-state index in [9.17, 15) is 18.0 Å². The van der Waals surface area contributed by atoms with E-state index in [2.05, 4.69) is 5.32 Å². The molecule has 0 radical (unpaired) electrons. The van der Waals surface area contributed by atoms with Crippen molar-refractivity contribution in [1.29, 1.82) is 0 Å². The van der Waals surface area contributed by atoms with E-state index < -0.39 is 10.0 Å². The lowest BCUT2D eigenvalue weighted by atomic mass is 9.96. The summed E-state index contributed by atoms with van der Waals surface area (Å²) in [6.07, 6.45) is 2.78. The monoisotopic (exact) mass is 664 g/mol. The largest absolute Gasteiger partial charge is 0.488 e. The van der Waals surface area contributed by atoms with Gasteiger partial charge in [0.15, 0.2) is 5.76 Å². The molecule has 1 aromatic heterocycles. The summed E-state index contributed by atoms with van der Waals surface area (Å²) in [6.45, 7) is 7.88. The average molecular weight is 665 g/mol. The van der Waals surface area contributed by atoms with Crippen molar-refractivity contribution < 1.29 is 31.9 Å². The van der Waals surface area contributed by atoms with Crippen LogP contribution in [0, 0.1) is 6.92 Å². The van der Waals surface area contributed by atoms with Gasteiger partial charge in [-0.05, 0) is 75.2 Å². The van der Waals surface area contributed by atoms with E-state index >= 15 is 0 Å². The molecule has 0 fully saturated rings. The molecule has 0 aliphatic carbocycles. The van der Waals surface area contributed by atoms with Gasteiger partial charge in [-0.25, -0.2) is 8.42 Å². The second-order valence-corrected chi connectivity index (χ2v) is 14.8. The fourth-order valence-corrected chi connectivity index (χ4v) is 6.06. The summed E-state index contributed by atoms with van der Waals surface area (Å²) in [7, 11) is -0.725. The van der Waals surface area contributed by atoms with E-state index in [1.807, 2.05) is 76.2 Å². The molecule has 0 bridgehead atoms.